The summed E-state index contributed by atoms with van der Waals surface area (Å²) >= 11 is 0. The third-order valence-electron chi connectivity index (χ3n) is 3.56. The molecular weight excluding hydrogens is 282 g/mol. The summed E-state index contributed by atoms with van der Waals surface area (Å²) in [6.45, 7) is 4.24. The molecule has 1 aromatic carbocycles. The molecule has 0 radical (unpaired) electrons. The summed E-state index contributed by atoms with van der Waals surface area (Å²) in [6.07, 6.45) is 0.730. The lowest BCUT2D eigenvalue weighted by molar-refractivity contribution is -0.130. The zero-order chi connectivity index (χ0) is 16.5. The summed E-state index contributed by atoms with van der Waals surface area (Å²) in [6, 6.07) is 8.05. The molecule has 0 aliphatic carbocycles. The summed E-state index contributed by atoms with van der Waals surface area (Å²) in [5, 5.41) is 2.60. The lowest BCUT2D eigenvalue weighted by Gasteiger charge is -2.23. The second-order valence-electron chi connectivity index (χ2n) is 5.38. The number of ether oxygens (including phenoxy) is 1. The number of nitrogens with one attached hydrogen (secondary N) is 1. The fourth-order valence-electron chi connectivity index (χ4n) is 1.94. The fraction of sp³-hybridized carbons (Fsp3) is 0.500. The lowest BCUT2D eigenvalue weighted by atomic mass is 9.98. The quantitative estimate of drug-likeness (QED) is 0.619. The smallest absolute Gasteiger partial charge is 0.240 e. The lowest BCUT2D eigenvalue weighted by Crippen LogP contribution is -2.54. The highest BCUT2D eigenvalue weighted by atomic mass is 16.5. The van der Waals surface area contributed by atoms with Gasteiger partial charge in [0.25, 0.3) is 0 Å². The molecule has 1 rings (SSSR count). The van der Waals surface area contributed by atoms with Crippen molar-refractivity contribution < 1.29 is 14.3 Å². The van der Waals surface area contributed by atoms with Crippen molar-refractivity contribution in [1.29, 1.82) is 0 Å². The summed E-state index contributed by atoms with van der Waals surface area (Å²) < 4.78 is 5.43. The van der Waals surface area contributed by atoms with Crippen molar-refractivity contribution in [3.63, 3.8) is 0 Å². The maximum absolute atomic E-state index is 12.0. The minimum Gasteiger partial charge on any atom is -0.375 e. The van der Waals surface area contributed by atoms with E-state index in [1.807, 2.05) is 44.2 Å². The Morgan fingerprint density at radius 1 is 1.27 bits per heavy atom. The van der Waals surface area contributed by atoms with Gasteiger partial charge < -0.3 is 21.5 Å². The van der Waals surface area contributed by atoms with Crippen molar-refractivity contribution in [1.82, 2.24) is 5.32 Å². The van der Waals surface area contributed by atoms with E-state index < -0.39 is 23.9 Å². The van der Waals surface area contributed by atoms with Gasteiger partial charge in [-0.25, -0.2) is 0 Å². The van der Waals surface area contributed by atoms with E-state index in [1.54, 1.807) is 0 Å². The first kappa shape index (κ1) is 18.1. The molecule has 6 nitrogen and oxygen atoms in total. The van der Waals surface area contributed by atoms with E-state index in [2.05, 4.69) is 5.32 Å². The highest BCUT2D eigenvalue weighted by Gasteiger charge is 2.25. The standard InChI is InChI=1S/C16H25N3O3/c1-3-11(2)14(15(18)20)19-16(21)13(17)10-22-9-12-7-5-4-6-8-12/h4-8,11,13-14H,3,9-10,17H2,1-2H3,(H2,18,20)(H,19,21)/t11-,13-,14-/m0/s1. The second kappa shape index (κ2) is 9.17. The third-order valence-corrected chi connectivity index (χ3v) is 3.56. The molecule has 122 valence electrons. The molecule has 0 spiro atoms. The minimum atomic E-state index is -0.838. The molecule has 3 atom stereocenters. The molecule has 0 aliphatic rings. The van der Waals surface area contributed by atoms with E-state index in [0.717, 1.165) is 12.0 Å². The van der Waals surface area contributed by atoms with E-state index in [0.29, 0.717) is 6.61 Å². The molecule has 5 N–H and O–H groups in total. The van der Waals surface area contributed by atoms with Crippen LogP contribution in [0.5, 0.6) is 0 Å². The van der Waals surface area contributed by atoms with E-state index in [-0.39, 0.29) is 12.5 Å². The summed E-state index contributed by atoms with van der Waals surface area (Å²) in [5.41, 5.74) is 12.1. The Morgan fingerprint density at radius 3 is 2.45 bits per heavy atom. The predicted molar refractivity (Wildman–Crippen MR) is 84.7 cm³/mol. The van der Waals surface area contributed by atoms with Crippen molar-refractivity contribution in [3.8, 4) is 0 Å². The van der Waals surface area contributed by atoms with Crippen LogP contribution >= 0.6 is 0 Å². The first-order valence-corrected chi connectivity index (χ1v) is 7.42. The largest absolute Gasteiger partial charge is 0.375 e. The van der Waals surface area contributed by atoms with Gasteiger partial charge in [-0.3, -0.25) is 9.59 Å². The van der Waals surface area contributed by atoms with Gasteiger partial charge in [-0.05, 0) is 11.5 Å². The van der Waals surface area contributed by atoms with Gasteiger partial charge in [-0.2, -0.15) is 0 Å². The molecule has 0 saturated heterocycles. The molecule has 2 amide bonds. The maximum atomic E-state index is 12.0. The van der Waals surface area contributed by atoms with Crippen LogP contribution in [0.25, 0.3) is 0 Å². The highest BCUT2D eigenvalue weighted by Crippen LogP contribution is 2.07. The molecule has 0 aromatic heterocycles. The normalized spacial score (nSPS) is 14.9. The minimum absolute atomic E-state index is 0.0427. The Balaban J connectivity index is 2.42. The van der Waals surface area contributed by atoms with Gasteiger partial charge in [0.1, 0.15) is 12.1 Å². The van der Waals surface area contributed by atoms with Crippen LogP contribution in [0.15, 0.2) is 30.3 Å². The Hall–Kier alpha value is -1.92. The number of benzene rings is 1. The van der Waals surface area contributed by atoms with E-state index in [4.69, 9.17) is 16.2 Å². The number of amides is 2. The van der Waals surface area contributed by atoms with Crippen molar-refractivity contribution in [2.24, 2.45) is 17.4 Å². The van der Waals surface area contributed by atoms with Gasteiger partial charge in [0.15, 0.2) is 0 Å². The van der Waals surface area contributed by atoms with Gasteiger partial charge in [0.2, 0.25) is 11.8 Å². The molecule has 6 heteroatoms. The molecule has 22 heavy (non-hydrogen) atoms. The molecule has 0 saturated carbocycles. The average molecular weight is 307 g/mol. The van der Waals surface area contributed by atoms with Crippen LogP contribution < -0.4 is 16.8 Å². The van der Waals surface area contributed by atoms with Crippen LogP contribution in [0.2, 0.25) is 0 Å². The Bertz CT molecular complexity index is 479. The first-order chi connectivity index (χ1) is 10.5. The number of primary amides is 1. The van der Waals surface area contributed by atoms with Gasteiger partial charge in [0.05, 0.1) is 13.2 Å². The fourth-order valence-corrected chi connectivity index (χ4v) is 1.94. The monoisotopic (exact) mass is 307 g/mol. The van der Waals surface area contributed by atoms with E-state index in [9.17, 15) is 9.59 Å². The zero-order valence-corrected chi connectivity index (χ0v) is 13.1. The molecule has 0 unspecified atom stereocenters. The van der Waals surface area contributed by atoms with Crippen LogP contribution in [0, 0.1) is 5.92 Å². The predicted octanol–water partition coefficient (Wildman–Crippen LogP) is 0.547. The van der Waals surface area contributed by atoms with Crippen LogP contribution in [-0.4, -0.2) is 30.5 Å². The first-order valence-electron chi connectivity index (χ1n) is 7.42. The average Bonchev–Trinajstić information content (AvgIpc) is 2.52. The third kappa shape index (κ3) is 5.83. The molecule has 0 fully saturated rings. The summed E-state index contributed by atoms with van der Waals surface area (Å²) in [7, 11) is 0. The molecular formula is C16H25N3O3. The molecule has 0 heterocycles. The Morgan fingerprint density at radius 2 is 1.91 bits per heavy atom. The van der Waals surface area contributed by atoms with Gasteiger partial charge in [-0.1, -0.05) is 50.6 Å². The van der Waals surface area contributed by atoms with E-state index >= 15 is 0 Å². The maximum Gasteiger partial charge on any atom is 0.240 e. The summed E-state index contributed by atoms with van der Waals surface area (Å²) in [5.74, 6) is -1.03. The number of carbonyl (C=O) groups is 2. The Labute approximate surface area is 131 Å². The molecule has 0 bridgehead atoms. The van der Waals surface area contributed by atoms with Crippen LogP contribution in [-0.2, 0) is 20.9 Å². The summed E-state index contributed by atoms with van der Waals surface area (Å²) in [4.78, 5) is 23.4. The van der Waals surface area contributed by atoms with Crippen LogP contribution in [0.3, 0.4) is 0 Å². The topological polar surface area (TPSA) is 107 Å². The van der Waals surface area contributed by atoms with Gasteiger partial charge in [-0.15, -0.1) is 0 Å². The SMILES string of the molecule is CC[C@H](C)[C@H](NC(=O)[C@@H](N)COCc1ccccc1)C(N)=O. The van der Waals surface area contributed by atoms with Crippen LogP contribution in [0.4, 0.5) is 0 Å². The number of nitrogens with two attached hydrogens (primary N) is 2. The Kier molecular flexibility index (Phi) is 7.56. The molecule has 1 aromatic rings. The van der Waals surface area contributed by atoms with Crippen molar-refractivity contribution in [2.75, 3.05) is 6.61 Å². The van der Waals surface area contributed by atoms with Crippen molar-refractivity contribution >= 4 is 11.8 Å². The van der Waals surface area contributed by atoms with E-state index in [1.165, 1.54) is 0 Å². The zero-order valence-electron chi connectivity index (χ0n) is 13.1. The van der Waals surface area contributed by atoms with Gasteiger partial charge >= 0.3 is 0 Å². The number of rotatable bonds is 9. The number of hydrogen-bond donors (Lipinski definition) is 3. The number of carbonyl (C=O) groups excluding carboxylic acids is 2. The highest BCUT2D eigenvalue weighted by molar-refractivity contribution is 5.89. The van der Waals surface area contributed by atoms with Crippen molar-refractivity contribution in [3.05, 3.63) is 35.9 Å². The number of hydrogen-bond acceptors (Lipinski definition) is 4. The molecule has 0 aliphatic heterocycles. The van der Waals surface area contributed by atoms with Crippen molar-refractivity contribution in [2.45, 2.75) is 39.0 Å². The second-order valence-corrected chi connectivity index (χ2v) is 5.38. The van der Waals surface area contributed by atoms with Crippen LogP contribution in [0.1, 0.15) is 25.8 Å². The van der Waals surface area contributed by atoms with Gasteiger partial charge in [0, 0.05) is 0 Å².